The van der Waals surface area contributed by atoms with Crippen LogP contribution in [0.15, 0.2) is 97.1 Å². The minimum Gasteiger partial charge on any atom is -0.489 e. The lowest BCUT2D eigenvalue weighted by atomic mass is 10.0. The van der Waals surface area contributed by atoms with Crippen molar-refractivity contribution in [2.24, 2.45) is 0 Å². The van der Waals surface area contributed by atoms with E-state index in [0.717, 1.165) is 59.6 Å². The molecule has 10 heteroatoms. The summed E-state index contributed by atoms with van der Waals surface area (Å²) >= 11 is 16.0. The average Bonchev–Trinajstić information content (AvgIpc) is 3.06. The lowest BCUT2D eigenvalue weighted by molar-refractivity contribution is 0.0974. The predicted molar refractivity (Wildman–Crippen MR) is 199 cm³/mol. The number of fused-ring (bicyclic) bond motifs is 2. The first-order valence-electron chi connectivity index (χ1n) is 14.5. The molecule has 240 valence electrons. The SMILES string of the molecule is BrC(Br)(Br)Br.BrCC1CCc2ccc(OCc3ccccc3)cc2O1.OCC1CCc2ccc(OCc3ccccc3)cc2O1. The summed E-state index contributed by atoms with van der Waals surface area (Å²) in [4.78, 5) is 0. The van der Waals surface area contributed by atoms with Crippen LogP contribution in [0.5, 0.6) is 23.0 Å². The summed E-state index contributed by atoms with van der Waals surface area (Å²) in [7, 11) is 0. The van der Waals surface area contributed by atoms with Crippen LogP contribution in [0.4, 0.5) is 0 Å². The van der Waals surface area contributed by atoms with Crippen LogP contribution < -0.4 is 18.9 Å². The van der Waals surface area contributed by atoms with Gasteiger partial charge in [0.2, 0.25) is 0 Å². The fraction of sp³-hybridized carbons (Fsp3) is 0.314. The zero-order valence-corrected chi connectivity index (χ0v) is 32.4. The zero-order chi connectivity index (χ0) is 32.1. The maximum atomic E-state index is 9.18. The Hall–Kier alpha value is -1.56. The van der Waals surface area contributed by atoms with Gasteiger partial charge in [0.15, 0.2) is 1.05 Å². The number of hydrogen-bond donors (Lipinski definition) is 1. The molecule has 2 heterocycles. The van der Waals surface area contributed by atoms with Gasteiger partial charge in [0, 0.05) is 17.5 Å². The van der Waals surface area contributed by atoms with Crippen LogP contribution in [0, 0.1) is 0 Å². The van der Waals surface area contributed by atoms with E-state index >= 15 is 0 Å². The maximum Gasteiger partial charge on any atom is 0.189 e. The fourth-order valence-electron chi connectivity index (χ4n) is 4.71. The molecule has 0 fully saturated rings. The van der Waals surface area contributed by atoms with E-state index in [9.17, 15) is 5.11 Å². The summed E-state index contributed by atoms with van der Waals surface area (Å²) < 4.78 is 23.1. The van der Waals surface area contributed by atoms with Crippen LogP contribution in [0.1, 0.15) is 35.1 Å². The van der Waals surface area contributed by atoms with E-state index in [-0.39, 0.29) is 19.9 Å². The number of ether oxygens (including phenoxy) is 4. The maximum absolute atomic E-state index is 9.18. The predicted octanol–water partition coefficient (Wildman–Crippen LogP) is 10.5. The second-order valence-corrected chi connectivity index (χ2v) is 22.2. The summed E-state index contributed by atoms with van der Waals surface area (Å²) in [6.45, 7) is 1.19. The van der Waals surface area contributed by atoms with Gasteiger partial charge in [-0.3, -0.25) is 0 Å². The first-order chi connectivity index (χ1) is 21.7. The molecule has 2 atom stereocenters. The first-order valence-corrected chi connectivity index (χ1v) is 18.8. The second kappa shape index (κ2) is 18.7. The standard InChI is InChI=1S/C17H17BrO2.C17H18O3.CBr4/c2*18-11-16-9-7-14-6-8-15(10-17(14)20-16)19-12-13-4-2-1-3-5-13;2-1(3,4)5/h1-6,8,10,16H,7,9,11-12H2;1-6,8,10,16,18H,7,9,11-12H2;. The number of aliphatic hydroxyl groups excluding tert-OH is 1. The van der Waals surface area contributed by atoms with Gasteiger partial charge in [0.05, 0.1) is 6.61 Å². The summed E-state index contributed by atoms with van der Waals surface area (Å²) in [6.07, 6.45) is 4.14. The summed E-state index contributed by atoms with van der Waals surface area (Å²) in [5.74, 6) is 3.46. The normalized spacial score (nSPS) is 16.6. The van der Waals surface area contributed by atoms with E-state index in [2.05, 4.69) is 97.8 Å². The molecule has 4 aromatic rings. The second-order valence-electron chi connectivity index (χ2n) is 10.4. The van der Waals surface area contributed by atoms with Crippen molar-refractivity contribution in [1.29, 1.82) is 0 Å². The largest absolute Gasteiger partial charge is 0.489 e. The number of hydrogen-bond acceptors (Lipinski definition) is 5. The Bertz CT molecular complexity index is 1340. The zero-order valence-electron chi connectivity index (χ0n) is 24.5. The third-order valence-corrected chi connectivity index (χ3v) is 7.73. The molecular weight excluding hydrogens is 900 g/mol. The summed E-state index contributed by atoms with van der Waals surface area (Å²) in [6, 6.07) is 32.3. The molecule has 0 spiro atoms. The van der Waals surface area contributed by atoms with Gasteiger partial charge >= 0.3 is 0 Å². The van der Waals surface area contributed by atoms with Gasteiger partial charge in [-0.2, -0.15) is 0 Å². The van der Waals surface area contributed by atoms with Crippen molar-refractivity contribution in [3.63, 3.8) is 0 Å². The highest BCUT2D eigenvalue weighted by Crippen LogP contribution is 2.39. The smallest absolute Gasteiger partial charge is 0.189 e. The number of aryl methyl sites for hydroxylation is 2. The Labute approximate surface area is 307 Å². The molecule has 0 radical (unpaired) electrons. The third-order valence-electron chi connectivity index (χ3n) is 7.01. The molecule has 2 aliphatic heterocycles. The number of rotatable bonds is 8. The van der Waals surface area contributed by atoms with Crippen molar-refractivity contribution < 1.29 is 24.1 Å². The lowest BCUT2D eigenvalue weighted by Gasteiger charge is -2.25. The number of alkyl halides is 5. The summed E-state index contributed by atoms with van der Waals surface area (Å²) in [5.41, 5.74) is 4.76. The van der Waals surface area contributed by atoms with E-state index in [0.29, 0.717) is 13.2 Å². The molecular formula is C35H35Br5O5. The summed E-state index contributed by atoms with van der Waals surface area (Å²) in [5, 5.41) is 10.1. The molecule has 0 aromatic heterocycles. The highest BCUT2D eigenvalue weighted by Gasteiger charge is 2.20. The van der Waals surface area contributed by atoms with Crippen LogP contribution in [0.25, 0.3) is 0 Å². The van der Waals surface area contributed by atoms with Gasteiger partial charge < -0.3 is 24.1 Å². The Balaban J connectivity index is 0.000000179. The van der Waals surface area contributed by atoms with Gasteiger partial charge in [0.25, 0.3) is 0 Å². The van der Waals surface area contributed by atoms with E-state index in [4.69, 9.17) is 18.9 Å². The third kappa shape index (κ3) is 13.2. The molecule has 6 rings (SSSR count). The first kappa shape index (κ1) is 36.3. The number of benzene rings is 4. The molecule has 1 N–H and O–H groups in total. The van der Waals surface area contributed by atoms with Crippen molar-refractivity contribution in [3.05, 3.63) is 119 Å². The van der Waals surface area contributed by atoms with Gasteiger partial charge in [-0.05, 0) is 124 Å². The molecule has 5 nitrogen and oxygen atoms in total. The molecule has 4 aromatic carbocycles. The molecule has 2 aliphatic rings. The number of aliphatic hydroxyl groups is 1. The molecule has 0 amide bonds. The van der Waals surface area contributed by atoms with Crippen molar-refractivity contribution in [2.45, 2.75) is 52.2 Å². The van der Waals surface area contributed by atoms with E-state index in [1.807, 2.05) is 78.9 Å². The topological polar surface area (TPSA) is 57.2 Å². The van der Waals surface area contributed by atoms with Gasteiger partial charge in [-0.25, -0.2) is 0 Å². The molecule has 0 bridgehead atoms. The molecule has 2 unspecified atom stereocenters. The fourth-order valence-corrected chi connectivity index (χ4v) is 5.17. The van der Waals surface area contributed by atoms with E-state index < -0.39 is 0 Å². The molecule has 0 saturated heterocycles. The highest BCUT2D eigenvalue weighted by atomic mass is 80.0. The van der Waals surface area contributed by atoms with Crippen molar-refractivity contribution in [3.8, 4) is 23.0 Å². The highest BCUT2D eigenvalue weighted by molar-refractivity contribution is 9.52. The van der Waals surface area contributed by atoms with Gasteiger partial charge in [0.1, 0.15) is 48.4 Å². The Kier molecular flexibility index (Phi) is 15.1. The molecule has 45 heavy (non-hydrogen) atoms. The minimum atomic E-state index is -0.250. The lowest BCUT2D eigenvalue weighted by Crippen LogP contribution is -2.26. The Morgan fingerprint density at radius 1 is 0.644 bits per heavy atom. The van der Waals surface area contributed by atoms with Crippen LogP contribution in [-0.2, 0) is 26.1 Å². The average molecular weight is 935 g/mol. The van der Waals surface area contributed by atoms with Crippen LogP contribution in [-0.4, -0.2) is 30.3 Å². The van der Waals surface area contributed by atoms with Crippen molar-refractivity contribution in [2.75, 3.05) is 11.9 Å². The van der Waals surface area contributed by atoms with Gasteiger partial charge in [-0.1, -0.05) is 88.7 Å². The van der Waals surface area contributed by atoms with Crippen molar-refractivity contribution >= 4 is 79.6 Å². The Morgan fingerprint density at radius 2 is 1.07 bits per heavy atom. The minimum absolute atomic E-state index is 0.0640. The molecule has 0 aliphatic carbocycles. The Morgan fingerprint density at radius 3 is 1.49 bits per heavy atom. The quantitative estimate of drug-likeness (QED) is 0.178. The van der Waals surface area contributed by atoms with E-state index in [1.54, 1.807) is 0 Å². The van der Waals surface area contributed by atoms with Crippen LogP contribution >= 0.6 is 79.6 Å². The molecule has 0 saturated carbocycles. The van der Waals surface area contributed by atoms with Crippen LogP contribution in [0.3, 0.4) is 0 Å². The van der Waals surface area contributed by atoms with Gasteiger partial charge in [-0.15, -0.1) is 0 Å². The van der Waals surface area contributed by atoms with E-state index in [1.165, 1.54) is 16.7 Å². The number of halogens is 5. The van der Waals surface area contributed by atoms with Crippen molar-refractivity contribution in [1.82, 2.24) is 0 Å². The van der Waals surface area contributed by atoms with Crippen LogP contribution in [0.2, 0.25) is 0 Å². The monoisotopic (exact) mass is 930 g/mol.